The molecule has 2 aliphatic rings. The van der Waals surface area contributed by atoms with Gasteiger partial charge in [0.15, 0.2) is 0 Å². The Morgan fingerprint density at radius 3 is 2.56 bits per heavy atom. The molecular formula is C26H30N6O3S. The van der Waals surface area contributed by atoms with Gasteiger partial charge < -0.3 is 9.88 Å². The van der Waals surface area contributed by atoms with Crippen molar-refractivity contribution in [2.24, 2.45) is 18.0 Å². The second-order valence-electron chi connectivity index (χ2n) is 9.80. The third-order valence-corrected chi connectivity index (χ3v) is 7.78. The van der Waals surface area contributed by atoms with Crippen molar-refractivity contribution >= 4 is 44.3 Å². The van der Waals surface area contributed by atoms with Gasteiger partial charge in [-0.25, -0.2) is 13.4 Å². The Morgan fingerprint density at radius 2 is 1.92 bits per heavy atom. The second-order valence-corrected chi connectivity index (χ2v) is 11.8. The predicted molar refractivity (Wildman–Crippen MR) is 142 cm³/mol. The molecule has 5 rings (SSSR count). The minimum Gasteiger partial charge on any atom is -0.352 e. The average molecular weight is 507 g/mol. The predicted octanol–water partition coefficient (Wildman–Crippen LogP) is 4.10. The van der Waals surface area contributed by atoms with Gasteiger partial charge in [-0.15, -0.1) is 0 Å². The number of ketones is 1. The van der Waals surface area contributed by atoms with Crippen molar-refractivity contribution in [3.63, 3.8) is 0 Å². The molecule has 0 radical (unpaired) electrons. The number of imidazole rings is 1. The van der Waals surface area contributed by atoms with Crippen molar-refractivity contribution in [3.8, 4) is 11.4 Å². The summed E-state index contributed by atoms with van der Waals surface area (Å²) in [4.78, 5) is 26.5. The zero-order chi connectivity index (χ0) is 25.8. The largest absolute Gasteiger partial charge is 0.352 e. The van der Waals surface area contributed by atoms with Crippen LogP contribution in [0.3, 0.4) is 0 Å². The normalized spacial score (nSPS) is 15.0. The summed E-state index contributed by atoms with van der Waals surface area (Å²) in [5, 5.41) is 3.41. The standard InChI is InChI=1S/C26H30N6O3S/c1-15-10-21-25(27-15)22(12-19(29-21)13-24(33)17-6-7-17)30-20-9-8-18(26-28-16(2)14-31(26)3)11-23(20)32(4)36(5,34)35/h8-9,11-12,14,17H,6-7,10,13H2,1-5H3,(H,29,30). The summed E-state index contributed by atoms with van der Waals surface area (Å²) in [5.41, 5.74) is 6.67. The smallest absolute Gasteiger partial charge is 0.232 e. The maximum Gasteiger partial charge on any atom is 0.232 e. The first kappa shape index (κ1) is 24.2. The highest BCUT2D eigenvalue weighted by atomic mass is 32.2. The molecule has 3 aromatic rings. The van der Waals surface area contributed by atoms with Crippen LogP contribution in [-0.2, 0) is 34.7 Å². The monoisotopic (exact) mass is 506 g/mol. The van der Waals surface area contributed by atoms with Crippen LogP contribution >= 0.6 is 0 Å². The van der Waals surface area contributed by atoms with Gasteiger partial charge in [0, 0.05) is 50.3 Å². The number of anilines is 3. The van der Waals surface area contributed by atoms with Gasteiger partial charge in [0.2, 0.25) is 10.0 Å². The molecule has 36 heavy (non-hydrogen) atoms. The zero-order valence-electron chi connectivity index (χ0n) is 21.2. The molecule has 1 N–H and O–H groups in total. The molecule has 0 unspecified atom stereocenters. The summed E-state index contributed by atoms with van der Waals surface area (Å²) in [6, 6.07) is 7.45. The van der Waals surface area contributed by atoms with Gasteiger partial charge in [0.1, 0.15) is 17.3 Å². The summed E-state index contributed by atoms with van der Waals surface area (Å²) in [7, 11) is -0.101. The van der Waals surface area contributed by atoms with Crippen LogP contribution in [-0.4, -0.2) is 47.8 Å². The minimum absolute atomic E-state index is 0.159. The number of fused-ring (bicyclic) bond motifs is 1. The lowest BCUT2D eigenvalue weighted by molar-refractivity contribution is -0.119. The van der Waals surface area contributed by atoms with Crippen LogP contribution in [0, 0.1) is 12.8 Å². The minimum atomic E-state index is -3.54. The van der Waals surface area contributed by atoms with E-state index < -0.39 is 10.0 Å². The highest BCUT2D eigenvalue weighted by molar-refractivity contribution is 7.92. The molecular weight excluding hydrogens is 476 g/mol. The van der Waals surface area contributed by atoms with Crippen molar-refractivity contribution in [3.05, 3.63) is 47.5 Å². The lowest BCUT2D eigenvalue weighted by atomic mass is 10.1. The molecule has 1 aromatic carbocycles. The number of aryl methyl sites for hydroxylation is 2. The number of nitrogens with zero attached hydrogens (tertiary/aromatic N) is 5. The highest BCUT2D eigenvalue weighted by Crippen LogP contribution is 2.40. The molecule has 1 aliphatic heterocycles. The number of aliphatic imine (C=N–C) groups is 1. The number of pyridine rings is 1. The average Bonchev–Trinajstić information content (AvgIpc) is 3.50. The van der Waals surface area contributed by atoms with Gasteiger partial charge >= 0.3 is 0 Å². The quantitative estimate of drug-likeness (QED) is 0.493. The van der Waals surface area contributed by atoms with Crippen LogP contribution in [0.5, 0.6) is 0 Å². The molecule has 10 heteroatoms. The molecule has 3 heterocycles. The van der Waals surface area contributed by atoms with E-state index in [1.807, 2.05) is 55.9 Å². The van der Waals surface area contributed by atoms with E-state index in [0.29, 0.717) is 35.6 Å². The van der Waals surface area contributed by atoms with E-state index >= 15 is 0 Å². The van der Waals surface area contributed by atoms with Crippen LogP contribution in [0.15, 0.2) is 35.5 Å². The molecule has 0 bridgehead atoms. The van der Waals surface area contributed by atoms with Gasteiger partial charge in [-0.2, -0.15) is 0 Å². The molecule has 0 saturated heterocycles. The number of carbonyl (C=O) groups excluding carboxylic acids is 1. The Kier molecular flexibility index (Phi) is 5.94. The number of nitrogens with one attached hydrogen (secondary N) is 1. The molecule has 1 saturated carbocycles. The van der Waals surface area contributed by atoms with E-state index in [4.69, 9.17) is 4.98 Å². The number of Topliss-reactive ketones (excluding diaryl/α,β-unsaturated/α-hetero) is 1. The van der Waals surface area contributed by atoms with Gasteiger partial charge in [-0.3, -0.25) is 19.1 Å². The van der Waals surface area contributed by atoms with E-state index in [0.717, 1.165) is 47.0 Å². The Hall–Kier alpha value is -3.53. The molecule has 1 fully saturated rings. The number of hydrogen-bond acceptors (Lipinski definition) is 7. The van der Waals surface area contributed by atoms with Gasteiger partial charge in [-0.1, -0.05) is 0 Å². The summed E-state index contributed by atoms with van der Waals surface area (Å²) < 4.78 is 28.2. The number of hydrogen-bond donors (Lipinski definition) is 1. The number of sulfonamides is 1. The Balaban J connectivity index is 1.58. The number of benzene rings is 1. The van der Waals surface area contributed by atoms with Crippen molar-refractivity contribution in [1.82, 2.24) is 14.5 Å². The third-order valence-electron chi connectivity index (χ3n) is 6.59. The Morgan fingerprint density at radius 1 is 1.17 bits per heavy atom. The molecule has 9 nitrogen and oxygen atoms in total. The molecule has 1 aliphatic carbocycles. The molecule has 188 valence electrons. The van der Waals surface area contributed by atoms with Crippen molar-refractivity contribution in [2.75, 3.05) is 22.9 Å². The van der Waals surface area contributed by atoms with E-state index in [9.17, 15) is 13.2 Å². The Bertz CT molecular complexity index is 1520. The highest BCUT2D eigenvalue weighted by Gasteiger charge is 2.30. The lowest BCUT2D eigenvalue weighted by Gasteiger charge is -2.22. The van der Waals surface area contributed by atoms with Gasteiger partial charge in [-0.05, 0) is 51.0 Å². The van der Waals surface area contributed by atoms with Crippen LogP contribution in [0.1, 0.15) is 36.8 Å². The molecule has 2 aromatic heterocycles. The second kappa shape index (κ2) is 8.85. The van der Waals surface area contributed by atoms with Crippen LogP contribution in [0.25, 0.3) is 11.4 Å². The third kappa shape index (κ3) is 4.77. The van der Waals surface area contributed by atoms with E-state index in [2.05, 4.69) is 15.3 Å². The molecule has 0 atom stereocenters. The van der Waals surface area contributed by atoms with Crippen LogP contribution < -0.4 is 9.62 Å². The van der Waals surface area contributed by atoms with Gasteiger partial charge in [0.25, 0.3) is 0 Å². The fraction of sp³-hybridized carbons (Fsp3) is 0.385. The first-order valence-corrected chi connectivity index (χ1v) is 13.8. The summed E-state index contributed by atoms with van der Waals surface area (Å²) in [5.74, 6) is 1.12. The topological polar surface area (TPSA) is 110 Å². The van der Waals surface area contributed by atoms with E-state index in [1.54, 1.807) is 0 Å². The molecule has 0 spiro atoms. The van der Waals surface area contributed by atoms with E-state index in [1.165, 1.54) is 17.6 Å². The number of aromatic nitrogens is 3. The van der Waals surface area contributed by atoms with E-state index in [-0.39, 0.29) is 11.7 Å². The van der Waals surface area contributed by atoms with Crippen molar-refractivity contribution in [2.45, 2.75) is 39.5 Å². The lowest BCUT2D eigenvalue weighted by Crippen LogP contribution is -2.25. The maximum absolute atomic E-state index is 12.5. The first-order chi connectivity index (χ1) is 17.0. The summed E-state index contributed by atoms with van der Waals surface area (Å²) in [6.45, 7) is 3.87. The number of rotatable bonds is 8. The van der Waals surface area contributed by atoms with Crippen molar-refractivity contribution < 1.29 is 13.2 Å². The van der Waals surface area contributed by atoms with Crippen LogP contribution in [0.2, 0.25) is 0 Å². The fourth-order valence-electron chi connectivity index (χ4n) is 4.53. The SMILES string of the molecule is CC1=Nc2c(Nc3ccc(-c4nc(C)cn4C)cc3N(C)S(C)(=O)=O)cc(CC(=O)C3CC3)nc2C1. The number of carbonyl (C=O) groups is 1. The maximum atomic E-state index is 12.5. The van der Waals surface area contributed by atoms with Gasteiger partial charge in [0.05, 0.1) is 40.4 Å². The zero-order valence-corrected chi connectivity index (χ0v) is 22.0. The van der Waals surface area contributed by atoms with Crippen LogP contribution in [0.4, 0.5) is 22.7 Å². The first-order valence-electron chi connectivity index (χ1n) is 11.9. The Labute approximate surface area is 211 Å². The summed E-state index contributed by atoms with van der Waals surface area (Å²) >= 11 is 0. The molecule has 0 amide bonds. The fourth-order valence-corrected chi connectivity index (χ4v) is 5.04. The summed E-state index contributed by atoms with van der Waals surface area (Å²) in [6.07, 6.45) is 5.93. The van der Waals surface area contributed by atoms with Crippen molar-refractivity contribution in [1.29, 1.82) is 0 Å².